The van der Waals surface area contributed by atoms with Gasteiger partial charge in [0.15, 0.2) is 0 Å². The Morgan fingerprint density at radius 3 is 2.33 bits per heavy atom. The smallest absolute Gasteiger partial charge is 0.243 e. The van der Waals surface area contributed by atoms with Gasteiger partial charge in [0.2, 0.25) is 17.7 Å². The highest BCUT2D eigenvalue weighted by Gasteiger charge is 2.25. The van der Waals surface area contributed by atoms with Crippen LogP contribution in [0.3, 0.4) is 0 Å². The minimum Gasteiger partial charge on any atom is -0.368 e. The zero-order chi connectivity index (χ0) is 18.1. The van der Waals surface area contributed by atoms with E-state index in [0.29, 0.717) is 5.56 Å². The van der Waals surface area contributed by atoms with E-state index in [4.69, 9.17) is 11.0 Å². The fraction of sp³-hybridized carbons (Fsp3) is 0.375. The summed E-state index contributed by atoms with van der Waals surface area (Å²) in [6, 6.07) is 5.41. The molecule has 1 aromatic carbocycles. The van der Waals surface area contributed by atoms with Crippen LogP contribution < -0.4 is 16.4 Å². The molecule has 24 heavy (non-hydrogen) atoms. The van der Waals surface area contributed by atoms with Crippen molar-refractivity contribution in [1.82, 2.24) is 10.6 Å². The molecule has 128 valence electrons. The standard InChI is InChI=1S/C16H19FN4O3/c1-10(22)20-14(9-11-4-6-12(17)7-5-11)16(24)21-13(15(19)23)3-2-8-18/h4-7,13-14H,2-3,9H2,1H3,(H2,19,23)(H,20,22)(H,21,24)/t13-,14+/m0/s1. The van der Waals surface area contributed by atoms with Crippen LogP contribution in [0, 0.1) is 17.1 Å². The zero-order valence-corrected chi connectivity index (χ0v) is 13.2. The van der Waals surface area contributed by atoms with Crippen LogP contribution in [0.1, 0.15) is 25.3 Å². The van der Waals surface area contributed by atoms with Crippen molar-refractivity contribution in [2.45, 2.75) is 38.3 Å². The van der Waals surface area contributed by atoms with Gasteiger partial charge in [-0.15, -0.1) is 0 Å². The van der Waals surface area contributed by atoms with Gasteiger partial charge in [-0.1, -0.05) is 12.1 Å². The molecule has 3 amide bonds. The number of rotatable bonds is 8. The van der Waals surface area contributed by atoms with Gasteiger partial charge in [0.25, 0.3) is 0 Å². The third-order valence-electron chi connectivity index (χ3n) is 3.25. The Labute approximate surface area is 139 Å². The molecule has 0 bridgehead atoms. The molecule has 0 aromatic heterocycles. The van der Waals surface area contributed by atoms with E-state index < -0.39 is 35.6 Å². The summed E-state index contributed by atoms with van der Waals surface area (Å²) in [5.41, 5.74) is 5.84. The molecule has 0 saturated carbocycles. The van der Waals surface area contributed by atoms with Gasteiger partial charge in [0, 0.05) is 19.8 Å². The molecule has 0 aliphatic heterocycles. The van der Waals surface area contributed by atoms with Crippen molar-refractivity contribution in [1.29, 1.82) is 5.26 Å². The fourth-order valence-electron chi connectivity index (χ4n) is 2.08. The van der Waals surface area contributed by atoms with Crippen molar-refractivity contribution in [3.8, 4) is 6.07 Å². The number of carbonyl (C=O) groups is 3. The van der Waals surface area contributed by atoms with E-state index in [1.807, 2.05) is 6.07 Å². The van der Waals surface area contributed by atoms with Crippen LogP contribution in [0.15, 0.2) is 24.3 Å². The summed E-state index contributed by atoms with van der Waals surface area (Å²) in [5.74, 6) is -2.20. The second kappa shape index (κ2) is 9.25. The Morgan fingerprint density at radius 2 is 1.83 bits per heavy atom. The van der Waals surface area contributed by atoms with Gasteiger partial charge in [0.05, 0.1) is 6.07 Å². The zero-order valence-electron chi connectivity index (χ0n) is 13.2. The Hall–Kier alpha value is -2.95. The number of carbonyl (C=O) groups excluding carboxylic acids is 3. The van der Waals surface area contributed by atoms with Crippen LogP contribution in [-0.4, -0.2) is 29.8 Å². The maximum absolute atomic E-state index is 12.9. The molecule has 0 heterocycles. The normalized spacial score (nSPS) is 12.5. The molecular weight excluding hydrogens is 315 g/mol. The van der Waals surface area contributed by atoms with Crippen LogP contribution in [0.2, 0.25) is 0 Å². The highest BCUT2D eigenvalue weighted by atomic mass is 19.1. The number of nitrogens with one attached hydrogen (secondary N) is 2. The Bertz CT molecular complexity index is 640. The number of primary amides is 1. The number of hydrogen-bond donors (Lipinski definition) is 3. The number of benzene rings is 1. The number of hydrogen-bond acceptors (Lipinski definition) is 4. The molecule has 0 aliphatic rings. The highest BCUT2D eigenvalue weighted by Crippen LogP contribution is 2.07. The van der Waals surface area contributed by atoms with Crippen molar-refractivity contribution in [2.24, 2.45) is 5.73 Å². The summed E-state index contributed by atoms with van der Waals surface area (Å²) in [6.07, 6.45) is 0.257. The van der Waals surface area contributed by atoms with Crippen LogP contribution in [0.5, 0.6) is 0 Å². The molecule has 2 atom stereocenters. The predicted octanol–water partition coefficient (Wildman–Crippen LogP) is 0.147. The van der Waals surface area contributed by atoms with Crippen molar-refractivity contribution in [3.05, 3.63) is 35.6 Å². The lowest BCUT2D eigenvalue weighted by Gasteiger charge is -2.21. The van der Waals surface area contributed by atoms with Gasteiger partial charge in [-0.3, -0.25) is 14.4 Å². The quantitative estimate of drug-likeness (QED) is 0.625. The Morgan fingerprint density at radius 1 is 1.21 bits per heavy atom. The minimum atomic E-state index is -0.998. The molecule has 1 aromatic rings. The third kappa shape index (κ3) is 6.44. The maximum atomic E-state index is 12.9. The molecule has 0 radical (unpaired) electrons. The topological polar surface area (TPSA) is 125 Å². The first-order valence-corrected chi connectivity index (χ1v) is 7.31. The first-order chi connectivity index (χ1) is 11.3. The summed E-state index contributed by atoms with van der Waals surface area (Å²) < 4.78 is 12.9. The molecule has 0 fully saturated rings. The predicted molar refractivity (Wildman–Crippen MR) is 83.7 cm³/mol. The van der Waals surface area contributed by atoms with Crippen LogP contribution in [0.4, 0.5) is 4.39 Å². The molecule has 4 N–H and O–H groups in total. The van der Waals surface area contributed by atoms with Gasteiger partial charge < -0.3 is 16.4 Å². The molecule has 7 nitrogen and oxygen atoms in total. The number of nitrogens with two attached hydrogens (primary N) is 1. The lowest BCUT2D eigenvalue weighted by Crippen LogP contribution is -2.53. The fourth-order valence-corrected chi connectivity index (χ4v) is 2.08. The average Bonchev–Trinajstić information content (AvgIpc) is 2.52. The molecule has 0 saturated heterocycles. The second-order valence-corrected chi connectivity index (χ2v) is 5.24. The van der Waals surface area contributed by atoms with E-state index in [-0.39, 0.29) is 19.3 Å². The van der Waals surface area contributed by atoms with E-state index >= 15 is 0 Å². The van der Waals surface area contributed by atoms with E-state index in [1.165, 1.54) is 31.2 Å². The number of nitrogens with zero attached hydrogens (tertiary/aromatic N) is 1. The van der Waals surface area contributed by atoms with E-state index in [2.05, 4.69) is 10.6 Å². The molecule has 0 unspecified atom stereocenters. The minimum absolute atomic E-state index is 0.0522. The van der Waals surface area contributed by atoms with Gasteiger partial charge in [0.1, 0.15) is 17.9 Å². The lowest BCUT2D eigenvalue weighted by molar-refractivity contribution is -0.130. The Kier molecular flexibility index (Phi) is 7.36. The summed E-state index contributed by atoms with van der Waals surface area (Å²) >= 11 is 0. The molecule has 1 rings (SSSR count). The second-order valence-electron chi connectivity index (χ2n) is 5.24. The molecule has 0 spiro atoms. The van der Waals surface area contributed by atoms with Crippen LogP contribution in [-0.2, 0) is 20.8 Å². The van der Waals surface area contributed by atoms with Crippen molar-refractivity contribution >= 4 is 17.7 Å². The first kappa shape index (κ1) is 19.1. The molecular formula is C16H19FN4O3. The van der Waals surface area contributed by atoms with Gasteiger partial charge in [-0.2, -0.15) is 5.26 Å². The number of nitriles is 1. The van der Waals surface area contributed by atoms with Crippen LogP contribution in [0.25, 0.3) is 0 Å². The van der Waals surface area contributed by atoms with E-state index in [9.17, 15) is 18.8 Å². The summed E-state index contributed by atoms with van der Waals surface area (Å²) in [4.78, 5) is 35.0. The van der Waals surface area contributed by atoms with Crippen molar-refractivity contribution in [3.63, 3.8) is 0 Å². The number of amides is 3. The van der Waals surface area contributed by atoms with Crippen LogP contribution >= 0.6 is 0 Å². The van der Waals surface area contributed by atoms with Gasteiger partial charge in [-0.05, 0) is 24.1 Å². The summed E-state index contributed by atoms with van der Waals surface area (Å²) in [5, 5.41) is 13.5. The van der Waals surface area contributed by atoms with E-state index in [1.54, 1.807) is 0 Å². The largest absolute Gasteiger partial charge is 0.368 e. The van der Waals surface area contributed by atoms with Gasteiger partial charge in [-0.25, -0.2) is 4.39 Å². The summed E-state index contributed by atoms with van der Waals surface area (Å²) in [7, 11) is 0. The third-order valence-corrected chi connectivity index (χ3v) is 3.25. The summed E-state index contributed by atoms with van der Waals surface area (Å²) in [6.45, 7) is 1.26. The SMILES string of the molecule is CC(=O)N[C@H](Cc1ccc(F)cc1)C(=O)N[C@@H](CCC#N)C(N)=O. The molecule has 0 aliphatic carbocycles. The highest BCUT2D eigenvalue weighted by molar-refractivity contribution is 5.91. The molecule has 8 heteroatoms. The average molecular weight is 334 g/mol. The van der Waals surface area contributed by atoms with Crippen molar-refractivity contribution in [2.75, 3.05) is 0 Å². The lowest BCUT2D eigenvalue weighted by atomic mass is 10.0. The maximum Gasteiger partial charge on any atom is 0.243 e. The Balaban J connectivity index is 2.83. The first-order valence-electron chi connectivity index (χ1n) is 7.31. The van der Waals surface area contributed by atoms with Gasteiger partial charge >= 0.3 is 0 Å². The van der Waals surface area contributed by atoms with Crippen molar-refractivity contribution < 1.29 is 18.8 Å². The monoisotopic (exact) mass is 334 g/mol. The van der Waals surface area contributed by atoms with E-state index in [0.717, 1.165) is 0 Å². The number of halogens is 1.